The van der Waals surface area contributed by atoms with Gasteiger partial charge in [-0.15, -0.1) is 5.10 Å². The summed E-state index contributed by atoms with van der Waals surface area (Å²) in [5, 5.41) is 11.4. The molecule has 0 aliphatic carbocycles. The Morgan fingerprint density at radius 3 is 3.06 bits per heavy atom. The summed E-state index contributed by atoms with van der Waals surface area (Å²) in [6, 6.07) is 7.73. The molecule has 0 spiro atoms. The minimum absolute atomic E-state index is 0.232. The Hall–Kier alpha value is -1.79. The molecule has 2 rings (SSSR count). The second kappa shape index (κ2) is 6.23. The van der Waals surface area contributed by atoms with Crippen molar-refractivity contribution in [1.82, 2.24) is 14.9 Å². The third-order valence-electron chi connectivity index (χ3n) is 2.36. The van der Waals surface area contributed by atoms with Crippen molar-refractivity contribution in [3.05, 3.63) is 40.9 Å². The minimum atomic E-state index is -0.232. The highest BCUT2D eigenvalue weighted by molar-refractivity contribution is 7.03. The third kappa shape index (κ3) is 3.35. The zero-order chi connectivity index (χ0) is 12.8. The SMILES string of the molecule is CCNCc1cccc(NC(=O)c2csnn2)c1. The van der Waals surface area contributed by atoms with Crippen LogP contribution in [0, 0.1) is 0 Å². The number of carbonyl (C=O) groups excluding carboxylic acids is 1. The van der Waals surface area contributed by atoms with Gasteiger partial charge in [0.2, 0.25) is 0 Å². The first-order valence-corrected chi connectivity index (χ1v) is 6.51. The van der Waals surface area contributed by atoms with Crippen LogP contribution in [-0.4, -0.2) is 22.0 Å². The highest BCUT2D eigenvalue weighted by atomic mass is 32.1. The summed E-state index contributed by atoms with van der Waals surface area (Å²) in [6.07, 6.45) is 0. The van der Waals surface area contributed by atoms with Gasteiger partial charge in [-0.1, -0.05) is 23.5 Å². The largest absolute Gasteiger partial charge is 0.321 e. The summed E-state index contributed by atoms with van der Waals surface area (Å²) >= 11 is 1.16. The molecule has 0 bridgehead atoms. The monoisotopic (exact) mass is 262 g/mol. The van der Waals surface area contributed by atoms with E-state index in [1.54, 1.807) is 5.38 Å². The predicted molar refractivity (Wildman–Crippen MR) is 71.7 cm³/mol. The Labute approximate surface area is 109 Å². The Balaban J connectivity index is 2.03. The van der Waals surface area contributed by atoms with E-state index < -0.39 is 0 Å². The predicted octanol–water partition coefficient (Wildman–Crippen LogP) is 1.90. The number of rotatable bonds is 5. The number of nitrogens with zero attached hydrogens (tertiary/aromatic N) is 2. The molecule has 0 saturated heterocycles. The topological polar surface area (TPSA) is 66.9 Å². The number of anilines is 1. The van der Waals surface area contributed by atoms with E-state index in [0.717, 1.165) is 35.9 Å². The van der Waals surface area contributed by atoms with Gasteiger partial charge in [-0.25, -0.2) is 0 Å². The van der Waals surface area contributed by atoms with E-state index >= 15 is 0 Å². The van der Waals surface area contributed by atoms with Crippen LogP contribution in [0.2, 0.25) is 0 Å². The zero-order valence-electron chi connectivity index (χ0n) is 10.0. The van der Waals surface area contributed by atoms with Crippen LogP contribution >= 0.6 is 11.5 Å². The van der Waals surface area contributed by atoms with Gasteiger partial charge in [0.1, 0.15) is 0 Å². The summed E-state index contributed by atoms with van der Waals surface area (Å²) in [4.78, 5) is 11.8. The first-order valence-electron chi connectivity index (χ1n) is 5.67. The number of nitrogens with one attached hydrogen (secondary N) is 2. The van der Waals surface area contributed by atoms with Crippen LogP contribution in [0.3, 0.4) is 0 Å². The second-order valence-electron chi connectivity index (χ2n) is 3.72. The summed E-state index contributed by atoms with van der Waals surface area (Å²) in [7, 11) is 0. The fourth-order valence-corrected chi connectivity index (χ4v) is 1.92. The number of carbonyl (C=O) groups is 1. The Kier molecular flexibility index (Phi) is 4.38. The fourth-order valence-electron chi connectivity index (χ4n) is 1.49. The molecule has 2 N–H and O–H groups in total. The lowest BCUT2D eigenvalue weighted by Crippen LogP contribution is -2.14. The van der Waals surface area contributed by atoms with Gasteiger partial charge in [0, 0.05) is 17.6 Å². The number of hydrogen-bond donors (Lipinski definition) is 2. The molecule has 1 aromatic carbocycles. The van der Waals surface area contributed by atoms with Gasteiger partial charge in [0.25, 0.3) is 5.91 Å². The Morgan fingerprint density at radius 2 is 2.33 bits per heavy atom. The van der Waals surface area contributed by atoms with E-state index in [4.69, 9.17) is 0 Å². The molecule has 2 aromatic rings. The number of hydrogen-bond acceptors (Lipinski definition) is 5. The van der Waals surface area contributed by atoms with Crippen molar-refractivity contribution in [3.63, 3.8) is 0 Å². The van der Waals surface area contributed by atoms with Crippen LogP contribution in [0.5, 0.6) is 0 Å². The molecule has 0 radical (unpaired) electrons. The maximum atomic E-state index is 11.8. The van der Waals surface area contributed by atoms with Crippen molar-refractivity contribution in [2.45, 2.75) is 13.5 Å². The van der Waals surface area contributed by atoms with Gasteiger partial charge in [-0.05, 0) is 35.8 Å². The average Bonchev–Trinajstić information content (AvgIpc) is 2.91. The van der Waals surface area contributed by atoms with Gasteiger partial charge >= 0.3 is 0 Å². The summed E-state index contributed by atoms with van der Waals surface area (Å²) in [5.41, 5.74) is 2.24. The summed E-state index contributed by atoms with van der Waals surface area (Å²) < 4.78 is 3.66. The van der Waals surface area contributed by atoms with Crippen molar-refractivity contribution in [1.29, 1.82) is 0 Å². The van der Waals surface area contributed by atoms with Crippen LogP contribution in [0.1, 0.15) is 23.0 Å². The second-order valence-corrected chi connectivity index (χ2v) is 4.33. The normalized spacial score (nSPS) is 10.3. The highest BCUT2D eigenvalue weighted by Crippen LogP contribution is 2.12. The zero-order valence-corrected chi connectivity index (χ0v) is 10.8. The molecule has 0 atom stereocenters. The van der Waals surface area contributed by atoms with E-state index in [0.29, 0.717) is 5.69 Å². The smallest absolute Gasteiger partial charge is 0.277 e. The summed E-state index contributed by atoms with van der Waals surface area (Å²) in [5.74, 6) is -0.232. The molecule has 1 aromatic heterocycles. The van der Waals surface area contributed by atoms with Crippen LogP contribution in [0.15, 0.2) is 29.6 Å². The molecule has 5 nitrogen and oxygen atoms in total. The van der Waals surface area contributed by atoms with Gasteiger partial charge in [0.15, 0.2) is 5.69 Å². The van der Waals surface area contributed by atoms with E-state index in [2.05, 4.69) is 27.1 Å². The molecule has 0 aliphatic heterocycles. The average molecular weight is 262 g/mol. The van der Waals surface area contributed by atoms with Crippen molar-refractivity contribution in [2.75, 3.05) is 11.9 Å². The Bertz CT molecular complexity index is 513. The lowest BCUT2D eigenvalue weighted by atomic mass is 10.2. The molecule has 0 aliphatic rings. The molecule has 1 amide bonds. The number of amides is 1. The van der Waals surface area contributed by atoms with Gasteiger partial charge in [0.05, 0.1) is 0 Å². The minimum Gasteiger partial charge on any atom is -0.321 e. The molecule has 1 heterocycles. The molecule has 0 fully saturated rings. The quantitative estimate of drug-likeness (QED) is 0.863. The standard InChI is InChI=1S/C12H14N4OS/c1-2-13-7-9-4-3-5-10(6-9)14-12(17)11-8-18-16-15-11/h3-6,8,13H,2,7H2,1H3,(H,14,17). The third-order valence-corrected chi connectivity index (χ3v) is 2.86. The van der Waals surface area contributed by atoms with Crippen LogP contribution in [0.25, 0.3) is 0 Å². The van der Waals surface area contributed by atoms with E-state index in [9.17, 15) is 4.79 Å². The van der Waals surface area contributed by atoms with Crippen LogP contribution in [0.4, 0.5) is 5.69 Å². The fraction of sp³-hybridized carbons (Fsp3) is 0.250. The molecular weight excluding hydrogens is 248 g/mol. The van der Waals surface area contributed by atoms with Crippen LogP contribution in [-0.2, 0) is 6.54 Å². The van der Waals surface area contributed by atoms with Gasteiger partial charge in [-0.2, -0.15) is 0 Å². The molecule has 0 unspecified atom stereocenters. The van der Waals surface area contributed by atoms with Gasteiger partial charge in [-0.3, -0.25) is 4.79 Å². The van der Waals surface area contributed by atoms with E-state index in [1.807, 2.05) is 24.3 Å². The molecule has 0 saturated carbocycles. The number of benzene rings is 1. The van der Waals surface area contributed by atoms with Crippen molar-refractivity contribution in [2.24, 2.45) is 0 Å². The maximum Gasteiger partial charge on any atom is 0.277 e. The first kappa shape index (κ1) is 12.7. The highest BCUT2D eigenvalue weighted by Gasteiger charge is 2.08. The van der Waals surface area contributed by atoms with E-state index in [1.165, 1.54) is 0 Å². The summed E-state index contributed by atoms with van der Waals surface area (Å²) in [6.45, 7) is 3.76. The van der Waals surface area contributed by atoms with Gasteiger partial charge < -0.3 is 10.6 Å². The molecular formula is C12H14N4OS. The maximum absolute atomic E-state index is 11.8. The molecule has 6 heteroatoms. The van der Waals surface area contributed by atoms with Crippen molar-refractivity contribution < 1.29 is 4.79 Å². The molecule has 94 valence electrons. The first-order chi connectivity index (χ1) is 8.79. The van der Waals surface area contributed by atoms with E-state index in [-0.39, 0.29) is 5.91 Å². The Morgan fingerprint density at radius 1 is 1.44 bits per heavy atom. The lowest BCUT2D eigenvalue weighted by Gasteiger charge is -2.06. The molecule has 18 heavy (non-hydrogen) atoms. The van der Waals surface area contributed by atoms with Crippen LogP contribution < -0.4 is 10.6 Å². The lowest BCUT2D eigenvalue weighted by molar-refractivity contribution is 0.102. The van der Waals surface area contributed by atoms with Crippen molar-refractivity contribution in [3.8, 4) is 0 Å². The van der Waals surface area contributed by atoms with Crippen molar-refractivity contribution >= 4 is 23.1 Å². The number of aromatic nitrogens is 2.